The number of amides is 1. The number of benzene rings is 2. The molecule has 3 N–H and O–H groups in total. The van der Waals surface area contributed by atoms with E-state index in [0.29, 0.717) is 6.61 Å². The molecular weight excluding hydrogens is 302 g/mol. The van der Waals surface area contributed by atoms with E-state index in [2.05, 4.69) is 46.7 Å². The van der Waals surface area contributed by atoms with Crippen LogP contribution in [-0.2, 0) is 11.3 Å². The number of hydrogen-bond acceptors (Lipinski definition) is 4. The van der Waals surface area contributed by atoms with Gasteiger partial charge in [0.05, 0.1) is 12.5 Å². The molecule has 2 aromatic carbocycles. The fourth-order valence-electron chi connectivity index (χ4n) is 3.52. The van der Waals surface area contributed by atoms with Crippen LogP contribution in [-0.4, -0.2) is 30.5 Å². The predicted octanol–water partition coefficient (Wildman–Crippen LogP) is 2.44. The number of piperidine rings is 1. The third kappa shape index (κ3) is 3.52. The lowest BCUT2D eigenvalue weighted by Crippen LogP contribution is -2.44. The lowest BCUT2D eigenvalue weighted by Gasteiger charge is -2.32. The van der Waals surface area contributed by atoms with Gasteiger partial charge in [-0.3, -0.25) is 15.1 Å². The number of fused-ring (bicyclic) bond motifs is 1. The number of carbonyl (C=O) groups is 1. The molecule has 3 rings (SSSR count). The number of hydrazine groups is 1. The molecule has 1 amide bonds. The number of rotatable bonds is 5. The van der Waals surface area contributed by atoms with Crippen molar-refractivity contribution >= 4 is 16.7 Å². The normalized spacial score (nSPS) is 18.5. The van der Waals surface area contributed by atoms with Crippen LogP contribution in [0.2, 0.25) is 0 Å². The van der Waals surface area contributed by atoms with Crippen LogP contribution in [0.5, 0.6) is 5.75 Å². The first-order valence-electron chi connectivity index (χ1n) is 8.59. The maximum absolute atomic E-state index is 11.9. The van der Waals surface area contributed by atoms with E-state index >= 15 is 0 Å². The van der Waals surface area contributed by atoms with Crippen LogP contribution < -0.4 is 16.0 Å². The first kappa shape index (κ1) is 16.7. The predicted molar refractivity (Wildman–Crippen MR) is 95.4 cm³/mol. The molecule has 1 aliphatic rings. The minimum absolute atomic E-state index is 0.0331. The molecule has 1 unspecified atom stereocenters. The molecule has 1 heterocycles. The molecule has 2 aromatic rings. The van der Waals surface area contributed by atoms with Gasteiger partial charge in [0, 0.05) is 18.7 Å². The van der Waals surface area contributed by atoms with Gasteiger partial charge in [-0.1, -0.05) is 30.3 Å². The monoisotopic (exact) mass is 327 g/mol. The molecule has 5 heteroatoms. The standard InChI is InChI=1S/C19H25N3O2/c1-2-24-18-10-9-14-6-3-4-8-16(14)17(18)13-22-11-5-7-15(12-22)19(23)21-20/h3-4,6,8-10,15H,2,5,7,11-13,20H2,1H3,(H,21,23). The van der Waals surface area contributed by atoms with E-state index in [0.717, 1.165) is 38.2 Å². The summed E-state index contributed by atoms with van der Waals surface area (Å²) in [4.78, 5) is 14.2. The molecule has 5 nitrogen and oxygen atoms in total. The Morgan fingerprint density at radius 3 is 2.96 bits per heavy atom. The van der Waals surface area contributed by atoms with Crippen molar-refractivity contribution in [1.82, 2.24) is 10.3 Å². The average Bonchev–Trinajstić information content (AvgIpc) is 2.63. The van der Waals surface area contributed by atoms with E-state index < -0.39 is 0 Å². The van der Waals surface area contributed by atoms with E-state index in [-0.39, 0.29) is 11.8 Å². The second kappa shape index (κ2) is 7.64. The summed E-state index contributed by atoms with van der Waals surface area (Å²) in [6.07, 6.45) is 1.90. The highest BCUT2D eigenvalue weighted by molar-refractivity contribution is 5.87. The fraction of sp³-hybridized carbons (Fsp3) is 0.421. The summed E-state index contributed by atoms with van der Waals surface area (Å²) >= 11 is 0. The van der Waals surface area contributed by atoms with Crippen molar-refractivity contribution in [2.24, 2.45) is 11.8 Å². The molecule has 1 aliphatic heterocycles. The summed E-state index contributed by atoms with van der Waals surface area (Å²) in [6, 6.07) is 12.5. The average molecular weight is 327 g/mol. The van der Waals surface area contributed by atoms with Crippen molar-refractivity contribution in [2.75, 3.05) is 19.7 Å². The molecule has 0 radical (unpaired) electrons. The van der Waals surface area contributed by atoms with E-state index in [4.69, 9.17) is 10.6 Å². The van der Waals surface area contributed by atoms with Crippen LogP contribution >= 0.6 is 0 Å². The molecular formula is C19H25N3O2. The number of nitrogens with one attached hydrogen (secondary N) is 1. The summed E-state index contributed by atoms with van der Waals surface area (Å²) in [5.41, 5.74) is 3.49. The highest BCUT2D eigenvalue weighted by Crippen LogP contribution is 2.30. The molecule has 1 saturated heterocycles. The lowest BCUT2D eigenvalue weighted by molar-refractivity contribution is -0.126. The molecule has 128 valence electrons. The van der Waals surface area contributed by atoms with Crippen LogP contribution in [0.25, 0.3) is 10.8 Å². The van der Waals surface area contributed by atoms with Gasteiger partial charge in [0.2, 0.25) is 5.91 Å². The summed E-state index contributed by atoms with van der Waals surface area (Å²) in [6.45, 7) is 5.15. The molecule has 1 atom stereocenters. The molecule has 1 fully saturated rings. The van der Waals surface area contributed by atoms with Crippen molar-refractivity contribution < 1.29 is 9.53 Å². The Morgan fingerprint density at radius 1 is 1.33 bits per heavy atom. The zero-order chi connectivity index (χ0) is 16.9. The Labute approximate surface area is 142 Å². The van der Waals surface area contributed by atoms with E-state index in [1.165, 1.54) is 16.3 Å². The molecule has 0 bridgehead atoms. The van der Waals surface area contributed by atoms with Crippen molar-refractivity contribution in [3.8, 4) is 5.75 Å². The van der Waals surface area contributed by atoms with Crippen molar-refractivity contribution in [1.29, 1.82) is 0 Å². The molecule has 0 aromatic heterocycles. The Kier molecular flexibility index (Phi) is 5.33. The lowest BCUT2D eigenvalue weighted by atomic mass is 9.96. The fourth-order valence-corrected chi connectivity index (χ4v) is 3.52. The van der Waals surface area contributed by atoms with Crippen molar-refractivity contribution in [3.63, 3.8) is 0 Å². The Bertz CT molecular complexity index is 717. The maximum Gasteiger partial charge on any atom is 0.238 e. The van der Waals surface area contributed by atoms with Crippen LogP contribution in [0.15, 0.2) is 36.4 Å². The van der Waals surface area contributed by atoms with Gasteiger partial charge in [-0.05, 0) is 43.1 Å². The number of carbonyl (C=O) groups excluding carboxylic acids is 1. The quantitative estimate of drug-likeness (QED) is 0.503. The summed E-state index contributed by atoms with van der Waals surface area (Å²) < 4.78 is 5.86. The maximum atomic E-state index is 11.9. The van der Waals surface area contributed by atoms with Crippen molar-refractivity contribution in [2.45, 2.75) is 26.3 Å². The van der Waals surface area contributed by atoms with Crippen LogP contribution in [0.3, 0.4) is 0 Å². The SMILES string of the molecule is CCOc1ccc2ccccc2c1CN1CCCC(C(=O)NN)C1. The molecule has 0 spiro atoms. The van der Waals surface area contributed by atoms with Crippen LogP contribution in [0, 0.1) is 5.92 Å². The highest BCUT2D eigenvalue weighted by atomic mass is 16.5. The highest BCUT2D eigenvalue weighted by Gasteiger charge is 2.26. The Morgan fingerprint density at radius 2 is 2.17 bits per heavy atom. The summed E-state index contributed by atoms with van der Waals surface area (Å²) in [7, 11) is 0. The third-order valence-electron chi connectivity index (χ3n) is 4.70. The van der Waals surface area contributed by atoms with Crippen LogP contribution in [0.1, 0.15) is 25.3 Å². The van der Waals surface area contributed by atoms with E-state index in [1.807, 2.05) is 6.92 Å². The number of nitrogens with zero attached hydrogens (tertiary/aromatic N) is 1. The first-order chi connectivity index (χ1) is 11.7. The molecule has 24 heavy (non-hydrogen) atoms. The van der Waals surface area contributed by atoms with Gasteiger partial charge < -0.3 is 4.74 Å². The largest absolute Gasteiger partial charge is 0.494 e. The van der Waals surface area contributed by atoms with E-state index in [9.17, 15) is 4.79 Å². The zero-order valence-corrected chi connectivity index (χ0v) is 14.1. The molecule has 0 aliphatic carbocycles. The topological polar surface area (TPSA) is 67.6 Å². The third-order valence-corrected chi connectivity index (χ3v) is 4.70. The van der Waals surface area contributed by atoms with Gasteiger partial charge in [0.25, 0.3) is 0 Å². The number of nitrogens with two attached hydrogens (primary N) is 1. The summed E-state index contributed by atoms with van der Waals surface area (Å²) in [5.74, 6) is 6.13. The minimum Gasteiger partial charge on any atom is -0.494 e. The second-order valence-corrected chi connectivity index (χ2v) is 6.28. The Hall–Kier alpha value is -2.11. The smallest absolute Gasteiger partial charge is 0.238 e. The molecule has 0 saturated carbocycles. The van der Waals surface area contributed by atoms with Gasteiger partial charge in [-0.2, -0.15) is 0 Å². The number of ether oxygens (including phenoxy) is 1. The van der Waals surface area contributed by atoms with E-state index in [1.54, 1.807) is 0 Å². The number of hydrogen-bond donors (Lipinski definition) is 2. The van der Waals surface area contributed by atoms with Crippen LogP contribution in [0.4, 0.5) is 0 Å². The van der Waals surface area contributed by atoms with Crippen molar-refractivity contribution in [3.05, 3.63) is 42.0 Å². The van der Waals surface area contributed by atoms with Gasteiger partial charge in [0.15, 0.2) is 0 Å². The van der Waals surface area contributed by atoms with Gasteiger partial charge >= 0.3 is 0 Å². The minimum atomic E-state index is -0.0670. The first-order valence-corrected chi connectivity index (χ1v) is 8.59. The summed E-state index contributed by atoms with van der Waals surface area (Å²) in [5, 5.41) is 2.43. The van der Waals surface area contributed by atoms with Gasteiger partial charge in [0.1, 0.15) is 5.75 Å². The van der Waals surface area contributed by atoms with Gasteiger partial charge in [-0.15, -0.1) is 0 Å². The number of likely N-dealkylation sites (tertiary alicyclic amines) is 1. The second-order valence-electron chi connectivity index (χ2n) is 6.28. The van der Waals surface area contributed by atoms with Gasteiger partial charge in [-0.25, -0.2) is 5.84 Å². The Balaban J connectivity index is 1.88. The zero-order valence-electron chi connectivity index (χ0n) is 14.1.